The summed E-state index contributed by atoms with van der Waals surface area (Å²) in [4.78, 5) is 14.9. The molecular formula is C13H11ClFN3O2. The van der Waals surface area contributed by atoms with Gasteiger partial charge < -0.3 is 16.2 Å². The molecule has 104 valence electrons. The molecule has 1 amide bonds. The summed E-state index contributed by atoms with van der Waals surface area (Å²) in [5.74, 6) is -1.38. The fourth-order valence-corrected chi connectivity index (χ4v) is 1.78. The molecular weight excluding hydrogens is 285 g/mol. The summed E-state index contributed by atoms with van der Waals surface area (Å²) in [5.41, 5.74) is 5.92. The van der Waals surface area contributed by atoms with E-state index in [9.17, 15) is 9.18 Å². The maximum absolute atomic E-state index is 13.2. The highest BCUT2D eigenvalue weighted by molar-refractivity contribution is 6.33. The first-order chi connectivity index (χ1) is 9.47. The minimum atomic E-state index is -0.701. The number of hydrogen-bond acceptors (Lipinski definition) is 4. The van der Waals surface area contributed by atoms with Crippen LogP contribution in [0.3, 0.4) is 0 Å². The lowest BCUT2D eigenvalue weighted by Gasteiger charge is -2.08. The van der Waals surface area contributed by atoms with Crippen molar-refractivity contribution in [1.29, 1.82) is 0 Å². The lowest BCUT2D eigenvalue weighted by Crippen LogP contribution is -2.12. The molecule has 1 aromatic heterocycles. The van der Waals surface area contributed by atoms with Crippen molar-refractivity contribution in [2.75, 3.05) is 5.32 Å². The van der Waals surface area contributed by atoms with Crippen molar-refractivity contribution in [3.05, 3.63) is 52.4 Å². The van der Waals surface area contributed by atoms with Gasteiger partial charge in [0.25, 0.3) is 0 Å². The number of aromatic nitrogens is 1. The molecule has 20 heavy (non-hydrogen) atoms. The Hall–Kier alpha value is -2.34. The molecule has 0 atom stereocenters. The molecule has 1 heterocycles. The normalized spacial score (nSPS) is 10.3. The Labute approximate surface area is 119 Å². The summed E-state index contributed by atoms with van der Waals surface area (Å²) in [6.07, 6.45) is 1.30. The van der Waals surface area contributed by atoms with Gasteiger partial charge in [0.15, 0.2) is 11.6 Å². The highest BCUT2D eigenvalue weighted by Crippen LogP contribution is 2.21. The fourth-order valence-electron chi connectivity index (χ4n) is 1.55. The second kappa shape index (κ2) is 5.75. The van der Waals surface area contributed by atoms with Crippen molar-refractivity contribution >= 4 is 23.3 Å². The predicted molar refractivity (Wildman–Crippen MR) is 73.2 cm³/mol. The minimum Gasteiger partial charge on any atom is -0.505 e. The first-order valence-electron chi connectivity index (χ1n) is 5.64. The third-order valence-electron chi connectivity index (χ3n) is 2.60. The number of anilines is 1. The Morgan fingerprint density at radius 2 is 2.20 bits per heavy atom. The number of phenols is 1. The number of benzene rings is 1. The third-order valence-corrected chi connectivity index (χ3v) is 2.89. The van der Waals surface area contributed by atoms with Crippen LogP contribution in [-0.4, -0.2) is 16.0 Å². The van der Waals surface area contributed by atoms with Gasteiger partial charge >= 0.3 is 0 Å². The minimum absolute atomic E-state index is 0.205. The lowest BCUT2D eigenvalue weighted by molar-refractivity contribution is 0.1000. The van der Waals surface area contributed by atoms with Crippen molar-refractivity contribution < 1.29 is 14.3 Å². The van der Waals surface area contributed by atoms with E-state index in [0.29, 0.717) is 11.4 Å². The smallest absolute Gasteiger partial charge is 0.250 e. The zero-order valence-corrected chi connectivity index (χ0v) is 11.0. The Balaban J connectivity index is 2.10. The lowest BCUT2D eigenvalue weighted by atomic mass is 10.2. The largest absolute Gasteiger partial charge is 0.505 e. The van der Waals surface area contributed by atoms with Crippen LogP contribution < -0.4 is 11.1 Å². The van der Waals surface area contributed by atoms with Crippen LogP contribution in [0, 0.1) is 5.82 Å². The zero-order valence-electron chi connectivity index (χ0n) is 10.2. The monoisotopic (exact) mass is 295 g/mol. The van der Waals surface area contributed by atoms with E-state index in [1.54, 1.807) is 6.07 Å². The second-order valence-electron chi connectivity index (χ2n) is 4.06. The molecule has 0 radical (unpaired) electrons. The zero-order chi connectivity index (χ0) is 14.7. The molecule has 0 saturated heterocycles. The van der Waals surface area contributed by atoms with Crippen LogP contribution in [0.1, 0.15) is 15.9 Å². The molecule has 2 rings (SSSR count). The Morgan fingerprint density at radius 1 is 1.45 bits per heavy atom. The van der Waals surface area contributed by atoms with Crippen LogP contribution in [0.15, 0.2) is 30.5 Å². The first-order valence-corrected chi connectivity index (χ1v) is 6.02. The topological polar surface area (TPSA) is 88.2 Å². The summed E-state index contributed by atoms with van der Waals surface area (Å²) in [7, 11) is 0. The molecule has 4 N–H and O–H groups in total. The average Bonchev–Trinajstić information content (AvgIpc) is 2.41. The SMILES string of the molecule is NC(=O)c1cnc(NCc2ccc(O)c(F)c2)c(Cl)c1. The maximum atomic E-state index is 13.2. The van der Waals surface area contributed by atoms with E-state index in [4.69, 9.17) is 22.4 Å². The maximum Gasteiger partial charge on any atom is 0.250 e. The van der Waals surface area contributed by atoms with Gasteiger partial charge in [0.05, 0.1) is 10.6 Å². The quantitative estimate of drug-likeness (QED) is 0.807. The molecule has 2 aromatic rings. The highest BCUT2D eigenvalue weighted by atomic mass is 35.5. The van der Waals surface area contributed by atoms with Gasteiger partial charge in [0.2, 0.25) is 5.91 Å². The molecule has 0 saturated carbocycles. The summed E-state index contributed by atoms with van der Waals surface area (Å²) >= 11 is 5.95. The molecule has 0 bridgehead atoms. The fraction of sp³-hybridized carbons (Fsp3) is 0.0769. The number of carbonyl (C=O) groups excluding carboxylic acids is 1. The summed E-state index contributed by atoms with van der Waals surface area (Å²) in [6, 6.07) is 5.43. The van der Waals surface area contributed by atoms with Crippen molar-refractivity contribution in [2.45, 2.75) is 6.54 Å². The molecule has 1 aromatic carbocycles. The molecule has 0 aliphatic heterocycles. The second-order valence-corrected chi connectivity index (χ2v) is 4.47. The standard InChI is InChI=1S/C13H11ClFN3O2/c14-9-4-8(12(16)20)6-18-13(9)17-5-7-1-2-11(19)10(15)3-7/h1-4,6,19H,5H2,(H2,16,20)(H,17,18). The number of rotatable bonds is 4. The molecule has 7 heteroatoms. The van der Waals surface area contributed by atoms with Gasteiger partial charge in [-0.25, -0.2) is 9.37 Å². The van der Waals surface area contributed by atoms with E-state index in [1.807, 2.05) is 0 Å². The first kappa shape index (κ1) is 14.1. The van der Waals surface area contributed by atoms with E-state index in [1.165, 1.54) is 24.4 Å². The number of halogens is 2. The molecule has 5 nitrogen and oxygen atoms in total. The van der Waals surface area contributed by atoms with Gasteiger partial charge in [-0.2, -0.15) is 0 Å². The number of carbonyl (C=O) groups is 1. The van der Waals surface area contributed by atoms with Gasteiger partial charge in [-0.3, -0.25) is 4.79 Å². The average molecular weight is 296 g/mol. The Kier molecular flexibility index (Phi) is 4.05. The van der Waals surface area contributed by atoms with Gasteiger partial charge in [-0.15, -0.1) is 0 Å². The Morgan fingerprint density at radius 3 is 2.80 bits per heavy atom. The van der Waals surface area contributed by atoms with E-state index in [2.05, 4.69) is 10.3 Å². The number of amides is 1. The van der Waals surface area contributed by atoms with E-state index in [-0.39, 0.29) is 17.1 Å². The predicted octanol–water partition coefficient (Wildman–Crippen LogP) is 2.29. The molecule has 0 aliphatic rings. The number of nitrogens with two attached hydrogens (primary N) is 1. The number of nitrogens with zero attached hydrogens (tertiary/aromatic N) is 1. The Bertz CT molecular complexity index is 664. The van der Waals surface area contributed by atoms with Gasteiger partial charge in [0.1, 0.15) is 5.82 Å². The number of nitrogens with one attached hydrogen (secondary N) is 1. The van der Waals surface area contributed by atoms with Crippen LogP contribution >= 0.6 is 11.6 Å². The number of aromatic hydroxyl groups is 1. The van der Waals surface area contributed by atoms with Crippen LogP contribution in [0.5, 0.6) is 5.75 Å². The van der Waals surface area contributed by atoms with E-state index in [0.717, 1.165) is 0 Å². The van der Waals surface area contributed by atoms with Gasteiger partial charge in [-0.1, -0.05) is 17.7 Å². The van der Waals surface area contributed by atoms with E-state index >= 15 is 0 Å². The third kappa shape index (κ3) is 3.16. The number of hydrogen-bond donors (Lipinski definition) is 3. The van der Waals surface area contributed by atoms with Crippen LogP contribution in [0.2, 0.25) is 5.02 Å². The van der Waals surface area contributed by atoms with E-state index < -0.39 is 17.5 Å². The van der Waals surface area contributed by atoms with Gasteiger partial charge in [-0.05, 0) is 23.8 Å². The van der Waals surface area contributed by atoms with Crippen molar-refractivity contribution in [3.63, 3.8) is 0 Å². The van der Waals surface area contributed by atoms with Crippen LogP contribution in [-0.2, 0) is 6.54 Å². The molecule has 0 unspecified atom stereocenters. The number of pyridine rings is 1. The van der Waals surface area contributed by atoms with Crippen molar-refractivity contribution in [2.24, 2.45) is 5.73 Å². The van der Waals surface area contributed by atoms with Gasteiger partial charge in [0, 0.05) is 12.7 Å². The van der Waals surface area contributed by atoms with Crippen molar-refractivity contribution in [3.8, 4) is 5.75 Å². The summed E-state index contributed by atoms with van der Waals surface area (Å²) in [6.45, 7) is 0.264. The molecule has 0 aliphatic carbocycles. The number of phenolic OH excluding ortho intramolecular Hbond substituents is 1. The van der Waals surface area contributed by atoms with Crippen molar-refractivity contribution in [1.82, 2.24) is 4.98 Å². The highest BCUT2D eigenvalue weighted by Gasteiger charge is 2.07. The number of primary amides is 1. The molecule has 0 fully saturated rings. The summed E-state index contributed by atoms with van der Waals surface area (Å²) < 4.78 is 13.2. The van der Waals surface area contributed by atoms with Crippen LogP contribution in [0.4, 0.5) is 10.2 Å². The van der Waals surface area contributed by atoms with Crippen LogP contribution in [0.25, 0.3) is 0 Å². The molecule has 0 spiro atoms. The summed E-state index contributed by atoms with van der Waals surface area (Å²) in [5, 5.41) is 12.2.